The Morgan fingerprint density at radius 2 is 2.26 bits per heavy atom. The lowest BCUT2D eigenvalue weighted by atomic mass is 10.0. The highest BCUT2D eigenvalue weighted by atomic mass is 35.5. The number of hydrogen-bond donors (Lipinski definition) is 1. The fraction of sp³-hybridized carbons (Fsp3) is 0.333. The van der Waals surface area contributed by atoms with Crippen molar-refractivity contribution in [3.05, 3.63) is 44.5 Å². The summed E-state index contributed by atoms with van der Waals surface area (Å²) in [5, 5.41) is 11.1. The van der Waals surface area contributed by atoms with E-state index in [1.807, 2.05) is 6.92 Å². The Hall–Kier alpha value is -1.95. The number of aromatic nitrogens is 2. The summed E-state index contributed by atoms with van der Waals surface area (Å²) >= 11 is 6.05. The fourth-order valence-corrected chi connectivity index (χ4v) is 2.03. The lowest BCUT2D eigenvalue weighted by Crippen LogP contribution is -2.09. The number of alkyl halides is 1. The van der Waals surface area contributed by atoms with Crippen molar-refractivity contribution in [3.8, 4) is 0 Å². The smallest absolute Gasteiger partial charge is 0.273 e. The Kier molecular flexibility index (Phi) is 3.80. The molecule has 6 nitrogen and oxygen atoms in total. The molecule has 0 spiro atoms. The minimum Gasteiger partial charge on any atom is -0.313 e. The first-order chi connectivity index (χ1) is 9.02. The van der Waals surface area contributed by atoms with Crippen LogP contribution in [0.3, 0.4) is 0 Å². The van der Waals surface area contributed by atoms with Crippen molar-refractivity contribution in [1.29, 1.82) is 0 Å². The Morgan fingerprint density at radius 3 is 2.89 bits per heavy atom. The van der Waals surface area contributed by atoms with Crippen molar-refractivity contribution in [2.45, 2.75) is 25.1 Å². The van der Waals surface area contributed by atoms with Crippen LogP contribution in [0.1, 0.15) is 18.9 Å². The number of nitro groups is 1. The predicted octanol–water partition coefficient (Wildman–Crippen LogP) is 2.39. The van der Waals surface area contributed by atoms with Gasteiger partial charge in [0.05, 0.1) is 22.2 Å². The molecule has 100 valence electrons. The van der Waals surface area contributed by atoms with Crippen molar-refractivity contribution >= 4 is 28.2 Å². The third kappa shape index (κ3) is 2.73. The van der Waals surface area contributed by atoms with Crippen molar-refractivity contribution in [3.63, 3.8) is 0 Å². The van der Waals surface area contributed by atoms with Gasteiger partial charge in [0, 0.05) is 17.0 Å². The Balaban J connectivity index is 2.64. The first-order valence-electron chi connectivity index (χ1n) is 5.81. The normalized spacial score (nSPS) is 12.5. The highest BCUT2D eigenvalue weighted by Gasteiger charge is 2.19. The summed E-state index contributed by atoms with van der Waals surface area (Å²) < 4.78 is 0. The topological polar surface area (TPSA) is 88.9 Å². The largest absolute Gasteiger partial charge is 0.313 e. The second-order valence-corrected chi connectivity index (χ2v) is 4.81. The monoisotopic (exact) mass is 281 g/mol. The Labute approximate surface area is 113 Å². The van der Waals surface area contributed by atoms with Crippen LogP contribution in [0.2, 0.25) is 0 Å². The number of H-pyrrole nitrogens is 1. The first kappa shape index (κ1) is 13.5. The molecule has 0 aliphatic rings. The highest BCUT2D eigenvalue weighted by molar-refractivity contribution is 6.20. The molecule has 0 aliphatic carbocycles. The number of nitrogens with zero attached hydrogens (tertiary/aromatic N) is 2. The summed E-state index contributed by atoms with van der Waals surface area (Å²) in [4.78, 5) is 28.6. The third-order valence-corrected chi connectivity index (χ3v) is 3.38. The molecule has 0 aliphatic heterocycles. The predicted molar refractivity (Wildman–Crippen MR) is 72.7 cm³/mol. The van der Waals surface area contributed by atoms with Crippen LogP contribution >= 0.6 is 11.6 Å². The SMILES string of the molecule is CCC(Cl)Cc1cc2nc[nH]c(=O)c2cc1[N+](=O)[O-]. The Bertz CT molecular complexity index is 683. The summed E-state index contributed by atoms with van der Waals surface area (Å²) in [6, 6.07) is 2.82. The van der Waals surface area contributed by atoms with E-state index in [0.29, 0.717) is 23.9 Å². The highest BCUT2D eigenvalue weighted by Crippen LogP contribution is 2.25. The summed E-state index contributed by atoms with van der Waals surface area (Å²) in [5.41, 5.74) is 0.449. The van der Waals surface area contributed by atoms with Crippen LogP contribution in [0.5, 0.6) is 0 Å². The number of rotatable bonds is 4. The molecule has 0 fully saturated rings. The molecule has 1 atom stereocenters. The number of benzene rings is 1. The van der Waals surface area contributed by atoms with Gasteiger partial charge in [0.25, 0.3) is 11.2 Å². The van der Waals surface area contributed by atoms with Gasteiger partial charge in [-0.1, -0.05) is 6.92 Å². The maximum Gasteiger partial charge on any atom is 0.273 e. The van der Waals surface area contributed by atoms with Gasteiger partial charge in [0.15, 0.2) is 0 Å². The standard InChI is InChI=1S/C12H12ClN3O3/c1-2-8(13)3-7-4-10-9(5-11(7)16(18)19)12(17)15-6-14-10/h4-6,8H,2-3H2,1H3,(H,14,15,17). The van der Waals surface area contributed by atoms with Crippen LogP contribution in [-0.4, -0.2) is 20.3 Å². The lowest BCUT2D eigenvalue weighted by Gasteiger charge is -2.08. The molecule has 19 heavy (non-hydrogen) atoms. The van der Waals surface area contributed by atoms with Gasteiger partial charge in [-0.2, -0.15) is 0 Å². The quantitative estimate of drug-likeness (QED) is 0.529. The molecule has 2 aromatic rings. The summed E-state index contributed by atoms with van der Waals surface area (Å²) in [7, 11) is 0. The number of nitro benzene ring substituents is 1. The molecule has 0 amide bonds. The molecule has 0 saturated carbocycles. The average Bonchev–Trinajstić information content (AvgIpc) is 2.38. The number of aromatic amines is 1. The van der Waals surface area contributed by atoms with Crippen LogP contribution in [0.4, 0.5) is 5.69 Å². The number of halogens is 1. The van der Waals surface area contributed by atoms with Gasteiger partial charge in [-0.25, -0.2) is 4.98 Å². The van der Waals surface area contributed by atoms with Crippen molar-refractivity contribution < 1.29 is 4.92 Å². The van der Waals surface area contributed by atoms with E-state index in [-0.39, 0.29) is 16.5 Å². The zero-order valence-electron chi connectivity index (χ0n) is 10.2. The van der Waals surface area contributed by atoms with E-state index in [0.717, 1.165) is 0 Å². The van der Waals surface area contributed by atoms with Gasteiger partial charge < -0.3 is 4.98 Å². The van der Waals surface area contributed by atoms with E-state index >= 15 is 0 Å². The molecule has 1 N–H and O–H groups in total. The van der Waals surface area contributed by atoms with Crippen LogP contribution in [0.15, 0.2) is 23.3 Å². The van der Waals surface area contributed by atoms with Gasteiger partial charge in [-0.05, 0) is 18.9 Å². The molecular formula is C12H12ClN3O3. The maximum atomic E-state index is 11.6. The van der Waals surface area contributed by atoms with E-state index in [1.54, 1.807) is 6.07 Å². The number of nitrogens with one attached hydrogen (secondary N) is 1. The van der Waals surface area contributed by atoms with Crippen LogP contribution in [0.25, 0.3) is 10.9 Å². The molecule has 1 heterocycles. The zero-order chi connectivity index (χ0) is 14.0. The van der Waals surface area contributed by atoms with Gasteiger partial charge in [-0.15, -0.1) is 11.6 Å². The van der Waals surface area contributed by atoms with E-state index in [4.69, 9.17) is 11.6 Å². The molecule has 1 aromatic heterocycles. The number of fused-ring (bicyclic) bond motifs is 1. The summed E-state index contributed by atoms with van der Waals surface area (Å²) in [6.45, 7) is 1.91. The maximum absolute atomic E-state index is 11.6. The van der Waals surface area contributed by atoms with Crippen molar-refractivity contribution in [2.24, 2.45) is 0 Å². The van der Waals surface area contributed by atoms with Gasteiger partial charge in [0.1, 0.15) is 0 Å². The molecular weight excluding hydrogens is 270 g/mol. The average molecular weight is 282 g/mol. The molecule has 7 heteroatoms. The van der Waals surface area contributed by atoms with Gasteiger partial charge in [-0.3, -0.25) is 14.9 Å². The van der Waals surface area contributed by atoms with Crippen LogP contribution in [0, 0.1) is 10.1 Å². The minimum absolute atomic E-state index is 0.0925. The van der Waals surface area contributed by atoms with Gasteiger partial charge in [0.2, 0.25) is 0 Å². The molecule has 1 aromatic carbocycles. The summed E-state index contributed by atoms with van der Waals surface area (Å²) in [5.74, 6) is 0. The van der Waals surface area contributed by atoms with E-state index < -0.39 is 10.5 Å². The first-order valence-corrected chi connectivity index (χ1v) is 6.25. The van der Waals surface area contributed by atoms with Crippen LogP contribution in [-0.2, 0) is 6.42 Å². The van der Waals surface area contributed by atoms with Crippen LogP contribution < -0.4 is 5.56 Å². The van der Waals surface area contributed by atoms with E-state index in [1.165, 1.54) is 12.4 Å². The number of hydrogen-bond acceptors (Lipinski definition) is 4. The van der Waals surface area contributed by atoms with E-state index in [9.17, 15) is 14.9 Å². The fourth-order valence-electron chi connectivity index (χ4n) is 1.86. The summed E-state index contributed by atoms with van der Waals surface area (Å²) in [6.07, 6.45) is 2.36. The molecule has 0 radical (unpaired) electrons. The molecule has 0 saturated heterocycles. The molecule has 1 unspecified atom stereocenters. The third-order valence-electron chi connectivity index (χ3n) is 2.92. The van der Waals surface area contributed by atoms with Crippen molar-refractivity contribution in [2.75, 3.05) is 0 Å². The molecule has 0 bridgehead atoms. The lowest BCUT2D eigenvalue weighted by molar-refractivity contribution is -0.385. The van der Waals surface area contributed by atoms with Crippen molar-refractivity contribution in [1.82, 2.24) is 9.97 Å². The molecule has 2 rings (SSSR count). The minimum atomic E-state index is -0.500. The second kappa shape index (κ2) is 5.36. The second-order valence-electron chi connectivity index (χ2n) is 4.20. The van der Waals surface area contributed by atoms with Gasteiger partial charge >= 0.3 is 0 Å². The zero-order valence-corrected chi connectivity index (χ0v) is 11.0. The van der Waals surface area contributed by atoms with E-state index in [2.05, 4.69) is 9.97 Å². The Morgan fingerprint density at radius 1 is 1.53 bits per heavy atom.